The Bertz CT molecular complexity index is 332. The fourth-order valence-corrected chi connectivity index (χ4v) is 3.27. The van der Waals surface area contributed by atoms with Crippen LogP contribution in [0.2, 0.25) is 0 Å². The van der Waals surface area contributed by atoms with Crippen molar-refractivity contribution in [3.8, 4) is 0 Å². The maximum atomic E-state index is 12.1. The third-order valence-corrected chi connectivity index (χ3v) is 4.52. The number of halogens is 1. The van der Waals surface area contributed by atoms with E-state index in [9.17, 15) is 4.79 Å². The van der Waals surface area contributed by atoms with Gasteiger partial charge in [0.25, 0.3) is 0 Å². The molecule has 1 aromatic heterocycles. The smallest absolute Gasteiger partial charge is 0.141 e. The Labute approximate surface area is 110 Å². The van der Waals surface area contributed by atoms with Gasteiger partial charge < -0.3 is 0 Å². The van der Waals surface area contributed by atoms with Gasteiger partial charge in [-0.15, -0.1) is 11.3 Å². The predicted molar refractivity (Wildman–Crippen MR) is 74.0 cm³/mol. The number of hydrogen-bond donors (Lipinski definition) is 0. The molecule has 0 aliphatic heterocycles. The molecule has 1 nitrogen and oxygen atoms in total. The van der Waals surface area contributed by atoms with Crippen LogP contribution in [-0.4, -0.2) is 5.78 Å². The van der Waals surface area contributed by atoms with E-state index < -0.39 is 0 Å². The molecule has 0 aliphatic carbocycles. The summed E-state index contributed by atoms with van der Waals surface area (Å²) in [6.45, 7) is 4.29. The highest BCUT2D eigenvalue weighted by Gasteiger charge is 2.16. The molecular formula is C13H19BrOS. The molecule has 90 valence electrons. The molecule has 0 bridgehead atoms. The minimum atomic E-state index is 0.265. The van der Waals surface area contributed by atoms with Crippen molar-refractivity contribution in [2.24, 2.45) is 5.92 Å². The summed E-state index contributed by atoms with van der Waals surface area (Å²) in [5.74, 6) is 0.672. The molecule has 1 unspecified atom stereocenters. The van der Waals surface area contributed by atoms with Crippen molar-refractivity contribution in [2.75, 3.05) is 0 Å². The molecule has 0 spiro atoms. The minimum Gasteiger partial charge on any atom is -0.299 e. The van der Waals surface area contributed by atoms with E-state index >= 15 is 0 Å². The molecule has 1 rings (SSSR count). The van der Waals surface area contributed by atoms with Crippen LogP contribution in [0.25, 0.3) is 0 Å². The van der Waals surface area contributed by atoms with Gasteiger partial charge in [0.05, 0.1) is 0 Å². The van der Waals surface area contributed by atoms with Gasteiger partial charge in [-0.1, -0.05) is 26.7 Å². The zero-order chi connectivity index (χ0) is 12.0. The normalized spacial score (nSPS) is 12.7. The van der Waals surface area contributed by atoms with E-state index in [1.165, 1.54) is 17.7 Å². The van der Waals surface area contributed by atoms with Gasteiger partial charge in [0.15, 0.2) is 0 Å². The van der Waals surface area contributed by atoms with Gasteiger partial charge in [0, 0.05) is 27.1 Å². The van der Waals surface area contributed by atoms with Gasteiger partial charge in [-0.3, -0.25) is 4.79 Å². The van der Waals surface area contributed by atoms with Crippen LogP contribution >= 0.6 is 27.3 Å². The predicted octanol–water partition coefficient (Wildman–Crippen LogP) is 4.84. The van der Waals surface area contributed by atoms with Crippen LogP contribution in [0, 0.1) is 5.92 Å². The van der Waals surface area contributed by atoms with Crippen LogP contribution in [0.1, 0.15) is 44.4 Å². The topological polar surface area (TPSA) is 17.1 Å². The molecule has 0 saturated carbocycles. The van der Waals surface area contributed by atoms with Crippen LogP contribution in [0.15, 0.2) is 15.9 Å². The van der Waals surface area contributed by atoms with Crippen molar-refractivity contribution < 1.29 is 4.79 Å². The van der Waals surface area contributed by atoms with Crippen LogP contribution < -0.4 is 0 Å². The number of carbonyl (C=O) groups is 1. The number of carbonyl (C=O) groups excluding carboxylic acids is 1. The van der Waals surface area contributed by atoms with Crippen LogP contribution in [0.5, 0.6) is 0 Å². The lowest BCUT2D eigenvalue weighted by atomic mass is 9.93. The number of hydrogen-bond acceptors (Lipinski definition) is 2. The second kappa shape index (κ2) is 7.23. The molecule has 0 N–H and O–H groups in total. The molecule has 0 aromatic carbocycles. The number of unbranched alkanes of at least 4 members (excludes halogenated alkanes) is 1. The molecule has 0 saturated heterocycles. The third-order valence-electron chi connectivity index (χ3n) is 2.82. The Morgan fingerprint density at radius 3 is 2.75 bits per heavy atom. The van der Waals surface area contributed by atoms with Crippen molar-refractivity contribution in [3.05, 3.63) is 20.8 Å². The van der Waals surface area contributed by atoms with Crippen molar-refractivity contribution in [1.82, 2.24) is 0 Å². The maximum absolute atomic E-state index is 12.1. The van der Waals surface area contributed by atoms with Gasteiger partial charge in [0.1, 0.15) is 5.78 Å². The summed E-state index contributed by atoms with van der Waals surface area (Å²) in [6.07, 6.45) is 4.98. The quantitative estimate of drug-likeness (QED) is 0.704. The first-order valence-electron chi connectivity index (χ1n) is 5.93. The van der Waals surface area contributed by atoms with Crippen molar-refractivity contribution in [1.29, 1.82) is 0 Å². The summed E-state index contributed by atoms with van der Waals surface area (Å²) >= 11 is 5.08. The third kappa shape index (κ3) is 4.38. The number of rotatable bonds is 7. The largest absolute Gasteiger partial charge is 0.299 e. The first-order chi connectivity index (χ1) is 7.67. The molecule has 1 aromatic rings. The van der Waals surface area contributed by atoms with Gasteiger partial charge in [-0.2, -0.15) is 0 Å². The zero-order valence-corrected chi connectivity index (χ0v) is 12.4. The van der Waals surface area contributed by atoms with Crippen molar-refractivity contribution in [3.63, 3.8) is 0 Å². The Balaban J connectivity index is 2.49. The highest BCUT2D eigenvalue weighted by atomic mass is 79.9. The summed E-state index contributed by atoms with van der Waals surface area (Å²) in [6, 6.07) is 2.05. The van der Waals surface area contributed by atoms with Gasteiger partial charge >= 0.3 is 0 Å². The van der Waals surface area contributed by atoms with E-state index in [0.717, 1.165) is 17.3 Å². The summed E-state index contributed by atoms with van der Waals surface area (Å²) in [4.78, 5) is 13.2. The van der Waals surface area contributed by atoms with Crippen molar-refractivity contribution in [2.45, 2.75) is 46.0 Å². The lowest BCUT2D eigenvalue weighted by molar-refractivity contribution is -0.122. The number of thiophene rings is 1. The average molecular weight is 303 g/mol. The van der Waals surface area contributed by atoms with Crippen LogP contribution in [0.3, 0.4) is 0 Å². The Morgan fingerprint density at radius 1 is 1.50 bits per heavy atom. The zero-order valence-electron chi connectivity index (χ0n) is 9.96. The van der Waals surface area contributed by atoms with E-state index in [0.29, 0.717) is 12.2 Å². The Kier molecular flexibility index (Phi) is 6.29. The molecule has 0 amide bonds. The molecular weight excluding hydrogens is 284 g/mol. The second-order valence-corrected chi connectivity index (χ2v) is 6.03. The summed E-state index contributed by atoms with van der Waals surface area (Å²) in [7, 11) is 0. The van der Waals surface area contributed by atoms with E-state index in [-0.39, 0.29) is 5.92 Å². The first kappa shape index (κ1) is 13.9. The first-order valence-corrected chi connectivity index (χ1v) is 7.60. The number of ketones is 1. The van der Waals surface area contributed by atoms with E-state index in [4.69, 9.17) is 0 Å². The van der Waals surface area contributed by atoms with E-state index in [1.807, 2.05) is 5.38 Å². The highest BCUT2D eigenvalue weighted by molar-refractivity contribution is 9.10. The molecule has 1 atom stereocenters. The van der Waals surface area contributed by atoms with Crippen LogP contribution in [-0.2, 0) is 11.2 Å². The SMILES string of the molecule is CCCCC(CC)C(=O)Cc1cc(Br)cs1. The lowest BCUT2D eigenvalue weighted by Crippen LogP contribution is -2.15. The summed E-state index contributed by atoms with van der Waals surface area (Å²) in [5.41, 5.74) is 0. The van der Waals surface area contributed by atoms with Crippen molar-refractivity contribution >= 4 is 33.0 Å². The second-order valence-electron chi connectivity index (χ2n) is 4.12. The molecule has 0 aliphatic rings. The van der Waals surface area contributed by atoms with E-state index in [1.54, 1.807) is 11.3 Å². The summed E-state index contributed by atoms with van der Waals surface area (Å²) in [5, 5.41) is 2.04. The van der Waals surface area contributed by atoms with Crippen LogP contribution in [0.4, 0.5) is 0 Å². The molecule has 0 radical (unpaired) electrons. The standard InChI is InChI=1S/C13H19BrOS/c1-3-5-6-10(4-2)13(15)8-12-7-11(14)9-16-12/h7,9-10H,3-6,8H2,1-2H3. The fraction of sp³-hybridized carbons (Fsp3) is 0.615. The van der Waals surface area contributed by atoms with Gasteiger partial charge in [-0.25, -0.2) is 0 Å². The average Bonchev–Trinajstić information content (AvgIpc) is 2.65. The van der Waals surface area contributed by atoms with Gasteiger partial charge in [-0.05, 0) is 34.8 Å². The summed E-state index contributed by atoms with van der Waals surface area (Å²) < 4.78 is 1.09. The minimum absolute atomic E-state index is 0.265. The molecule has 1 heterocycles. The molecule has 0 fully saturated rings. The number of Topliss-reactive ketones (excluding diaryl/α,β-unsaturated/α-hetero) is 1. The van der Waals surface area contributed by atoms with Gasteiger partial charge in [0.2, 0.25) is 0 Å². The lowest BCUT2D eigenvalue weighted by Gasteiger charge is -2.12. The molecule has 16 heavy (non-hydrogen) atoms. The Morgan fingerprint density at radius 2 is 2.25 bits per heavy atom. The fourth-order valence-electron chi connectivity index (χ4n) is 1.81. The maximum Gasteiger partial charge on any atom is 0.141 e. The highest BCUT2D eigenvalue weighted by Crippen LogP contribution is 2.23. The Hall–Kier alpha value is -0.150. The molecule has 3 heteroatoms. The monoisotopic (exact) mass is 302 g/mol. The van der Waals surface area contributed by atoms with E-state index in [2.05, 4.69) is 35.8 Å².